The van der Waals surface area contributed by atoms with Crippen molar-refractivity contribution in [2.75, 3.05) is 19.6 Å². The van der Waals surface area contributed by atoms with Gasteiger partial charge in [0.1, 0.15) is 0 Å². The second-order valence-electron chi connectivity index (χ2n) is 4.22. The van der Waals surface area contributed by atoms with Crippen molar-refractivity contribution in [1.82, 2.24) is 10.2 Å². The van der Waals surface area contributed by atoms with Crippen LogP contribution in [0.25, 0.3) is 0 Å². The van der Waals surface area contributed by atoms with Crippen LogP contribution in [0.2, 0.25) is 0 Å². The van der Waals surface area contributed by atoms with Gasteiger partial charge in [0.15, 0.2) is 6.10 Å². The molecule has 1 saturated heterocycles. The number of nitrogens with zero attached hydrogens (tertiary/aromatic N) is 1. The summed E-state index contributed by atoms with van der Waals surface area (Å²) >= 11 is 0. The number of amides is 2. The van der Waals surface area contributed by atoms with Gasteiger partial charge in [-0.15, -0.1) is 0 Å². The number of nitrogens with two attached hydrogens (primary N) is 1. The van der Waals surface area contributed by atoms with Crippen LogP contribution in [0.3, 0.4) is 0 Å². The van der Waals surface area contributed by atoms with Gasteiger partial charge in [0.2, 0.25) is 0 Å². The third kappa shape index (κ3) is 4.58. The fraction of sp³-hybridized carbons (Fsp3) is 0.800. The van der Waals surface area contributed by atoms with Crippen LogP contribution in [0, 0.1) is 0 Å². The SMILES string of the molecule is NC1CCCN(C(=O)NCCC(O)C(=O)O)C1. The Morgan fingerprint density at radius 1 is 1.53 bits per heavy atom. The predicted octanol–water partition coefficient (Wildman–Crippen LogP) is -1.05. The van der Waals surface area contributed by atoms with E-state index in [1.165, 1.54) is 0 Å². The van der Waals surface area contributed by atoms with Gasteiger partial charge in [-0.2, -0.15) is 0 Å². The van der Waals surface area contributed by atoms with Crippen molar-refractivity contribution >= 4 is 12.0 Å². The molecule has 2 atom stereocenters. The molecule has 0 spiro atoms. The summed E-state index contributed by atoms with van der Waals surface area (Å²) in [6.07, 6.45) is 0.369. The Balaban J connectivity index is 2.22. The molecular weight excluding hydrogens is 226 g/mol. The number of aliphatic hydroxyl groups is 1. The van der Waals surface area contributed by atoms with Crippen LogP contribution >= 0.6 is 0 Å². The number of hydrogen-bond acceptors (Lipinski definition) is 4. The van der Waals surface area contributed by atoms with Crippen molar-refractivity contribution in [2.24, 2.45) is 5.73 Å². The summed E-state index contributed by atoms with van der Waals surface area (Å²) in [4.78, 5) is 23.6. The van der Waals surface area contributed by atoms with Gasteiger partial charge in [-0.05, 0) is 12.8 Å². The van der Waals surface area contributed by atoms with Crippen molar-refractivity contribution < 1.29 is 19.8 Å². The van der Waals surface area contributed by atoms with E-state index in [1.807, 2.05) is 0 Å². The van der Waals surface area contributed by atoms with E-state index in [9.17, 15) is 9.59 Å². The average Bonchev–Trinajstić information content (AvgIpc) is 2.28. The Bertz CT molecular complexity index is 285. The maximum absolute atomic E-state index is 11.6. The standard InChI is InChI=1S/C10H19N3O4/c11-7-2-1-5-13(6-7)10(17)12-4-3-8(14)9(15)16/h7-8,14H,1-6,11H2,(H,12,17)(H,15,16). The molecule has 0 aromatic heterocycles. The van der Waals surface area contributed by atoms with Crippen molar-refractivity contribution in [3.8, 4) is 0 Å². The average molecular weight is 245 g/mol. The van der Waals surface area contributed by atoms with Gasteiger partial charge in [-0.1, -0.05) is 0 Å². The summed E-state index contributed by atoms with van der Waals surface area (Å²) in [5.74, 6) is -1.28. The smallest absolute Gasteiger partial charge is 0.332 e. The largest absolute Gasteiger partial charge is 0.479 e. The predicted molar refractivity (Wildman–Crippen MR) is 60.4 cm³/mol. The maximum Gasteiger partial charge on any atom is 0.332 e. The number of carbonyl (C=O) groups excluding carboxylic acids is 1. The molecule has 17 heavy (non-hydrogen) atoms. The third-order valence-corrected chi connectivity index (χ3v) is 2.72. The van der Waals surface area contributed by atoms with Crippen molar-refractivity contribution in [2.45, 2.75) is 31.4 Å². The number of aliphatic carboxylic acids is 1. The van der Waals surface area contributed by atoms with Gasteiger partial charge in [-0.25, -0.2) is 9.59 Å². The first kappa shape index (κ1) is 13.7. The molecule has 1 aliphatic rings. The normalized spacial score (nSPS) is 22.0. The number of carboxylic acid groups (broad SMARTS) is 1. The number of likely N-dealkylation sites (tertiary alicyclic amines) is 1. The van der Waals surface area contributed by atoms with Crippen LogP contribution in [-0.2, 0) is 4.79 Å². The number of nitrogens with one attached hydrogen (secondary N) is 1. The summed E-state index contributed by atoms with van der Waals surface area (Å²) in [5.41, 5.74) is 5.74. The number of piperidine rings is 1. The first-order valence-electron chi connectivity index (χ1n) is 5.70. The van der Waals surface area contributed by atoms with E-state index in [2.05, 4.69) is 5.32 Å². The van der Waals surface area contributed by atoms with Gasteiger partial charge >= 0.3 is 12.0 Å². The molecule has 1 heterocycles. The van der Waals surface area contributed by atoms with Crippen LogP contribution in [-0.4, -0.2) is 58.9 Å². The fourth-order valence-electron chi connectivity index (χ4n) is 1.75. The Morgan fingerprint density at radius 2 is 2.24 bits per heavy atom. The van der Waals surface area contributed by atoms with Gasteiger partial charge in [0.25, 0.3) is 0 Å². The molecule has 98 valence electrons. The summed E-state index contributed by atoms with van der Waals surface area (Å²) in [7, 11) is 0. The van der Waals surface area contributed by atoms with E-state index >= 15 is 0 Å². The lowest BCUT2D eigenvalue weighted by Gasteiger charge is -2.30. The van der Waals surface area contributed by atoms with E-state index in [4.69, 9.17) is 15.9 Å². The highest BCUT2D eigenvalue weighted by Crippen LogP contribution is 2.07. The second-order valence-corrected chi connectivity index (χ2v) is 4.22. The Hall–Kier alpha value is -1.34. The van der Waals surface area contributed by atoms with Gasteiger partial charge in [0, 0.05) is 32.1 Å². The summed E-state index contributed by atoms with van der Waals surface area (Å²) in [5, 5.41) is 20.0. The number of carboxylic acids is 1. The second kappa shape index (κ2) is 6.41. The van der Waals surface area contributed by atoms with E-state index in [1.54, 1.807) is 4.90 Å². The molecule has 0 aromatic carbocycles. The van der Waals surface area contributed by atoms with Gasteiger partial charge in [0.05, 0.1) is 0 Å². The number of aliphatic hydroxyl groups excluding tert-OH is 1. The number of carbonyl (C=O) groups is 2. The van der Waals surface area contributed by atoms with Crippen LogP contribution < -0.4 is 11.1 Å². The van der Waals surface area contributed by atoms with Crippen molar-refractivity contribution in [1.29, 1.82) is 0 Å². The molecule has 5 N–H and O–H groups in total. The lowest BCUT2D eigenvalue weighted by molar-refractivity contribution is -0.146. The Kier molecular flexibility index (Phi) is 5.17. The lowest BCUT2D eigenvalue weighted by atomic mass is 10.1. The molecule has 7 nitrogen and oxygen atoms in total. The van der Waals surface area contributed by atoms with Gasteiger partial charge in [-0.3, -0.25) is 0 Å². The Morgan fingerprint density at radius 3 is 2.82 bits per heavy atom. The minimum Gasteiger partial charge on any atom is -0.479 e. The van der Waals surface area contributed by atoms with E-state index < -0.39 is 12.1 Å². The quantitative estimate of drug-likeness (QED) is 0.504. The van der Waals surface area contributed by atoms with Gasteiger partial charge < -0.3 is 26.2 Å². The van der Waals surface area contributed by atoms with Crippen LogP contribution in [0.4, 0.5) is 4.79 Å². The molecule has 7 heteroatoms. The van der Waals surface area contributed by atoms with Crippen LogP contribution in [0.1, 0.15) is 19.3 Å². The highest BCUT2D eigenvalue weighted by atomic mass is 16.4. The van der Waals surface area contributed by atoms with E-state index in [0.29, 0.717) is 13.1 Å². The molecule has 1 rings (SSSR count). The van der Waals surface area contributed by atoms with Crippen molar-refractivity contribution in [3.63, 3.8) is 0 Å². The summed E-state index contributed by atoms with van der Waals surface area (Å²) < 4.78 is 0. The minimum atomic E-state index is -1.43. The molecule has 2 unspecified atom stereocenters. The molecule has 2 amide bonds. The molecule has 1 fully saturated rings. The zero-order valence-corrected chi connectivity index (χ0v) is 9.63. The molecule has 0 bridgehead atoms. The number of urea groups is 1. The minimum absolute atomic E-state index is 0.000959. The zero-order valence-electron chi connectivity index (χ0n) is 9.63. The number of rotatable bonds is 4. The summed E-state index contributed by atoms with van der Waals surface area (Å²) in [6, 6.07) is -0.239. The van der Waals surface area contributed by atoms with Crippen molar-refractivity contribution in [3.05, 3.63) is 0 Å². The lowest BCUT2D eigenvalue weighted by Crippen LogP contribution is -2.50. The fourth-order valence-corrected chi connectivity index (χ4v) is 1.75. The molecular formula is C10H19N3O4. The van der Waals surface area contributed by atoms with E-state index in [-0.39, 0.29) is 25.0 Å². The third-order valence-electron chi connectivity index (χ3n) is 2.72. The monoisotopic (exact) mass is 245 g/mol. The van der Waals surface area contributed by atoms with Crippen LogP contribution in [0.15, 0.2) is 0 Å². The number of hydrogen-bond donors (Lipinski definition) is 4. The highest BCUT2D eigenvalue weighted by Gasteiger charge is 2.21. The molecule has 0 radical (unpaired) electrons. The first-order chi connectivity index (χ1) is 8.00. The topological polar surface area (TPSA) is 116 Å². The molecule has 0 saturated carbocycles. The molecule has 0 aromatic rings. The first-order valence-corrected chi connectivity index (χ1v) is 5.70. The molecule has 1 aliphatic heterocycles. The van der Waals surface area contributed by atoms with E-state index in [0.717, 1.165) is 12.8 Å². The highest BCUT2D eigenvalue weighted by molar-refractivity contribution is 5.74. The zero-order chi connectivity index (χ0) is 12.8. The van der Waals surface area contributed by atoms with Crippen LogP contribution in [0.5, 0.6) is 0 Å². The maximum atomic E-state index is 11.6. The Labute approximate surface area is 99.6 Å². The molecule has 0 aliphatic carbocycles. The summed E-state index contributed by atoms with van der Waals surface area (Å²) in [6.45, 7) is 1.33.